The second kappa shape index (κ2) is 6.71. The van der Waals surface area contributed by atoms with Crippen LogP contribution in [0.1, 0.15) is 11.1 Å². The van der Waals surface area contributed by atoms with Crippen LogP contribution in [-0.2, 0) is 13.1 Å². The van der Waals surface area contributed by atoms with Gasteiger partial charge in [0.1, 0.15) is 11.4 Å². The zero-order valence-electron chi connectivity index (χ0n) is 11.7. The topological polar surface area (TPSA) is 90.4 Å². The van der Waals surface area contributed by atoms with Crippen LogP contribution >= 0.6 is 0 Å². The minimum Gasteiger partial charge on any atom is -0.496 e. The molecular weight excluding hydrogens is 270 g/mol. The lowest BCUT2D eigenvalue weighted by molar-refractivity contribution is -0.384. The number of nitrogens with two attached hydrogens (primary N) is 1. The molecule has 2 aromatic rings. The molecule has 0 bridgehead atoms. The summed E-state index contributed by atoms with van der Waals surface area (Å²) in [5.74, 6) is 0.458. The molecule has 0 saturated heterocycles. The van der Waals surface area contributed by atoms with Gasteiger partial charge in [-0.25, -0.2) is 0 Å². The zero-order valence-corrected chi connectivity index (χ0v) is 11.7. The quantitative estimate of drug-likeness (QED) is 0.629. The summed E-state index contributed by atoms with van der Waals surface area (Å²) >= 11 is 0. The lowest BCUT2D eigenvalue weighted by atomic mass is 10.1. The van der Waals surface area contributed by atoms with Crippen LogP contribution in [0.2, 0.25) is 0 Å². The Kier molecular flexibility index (Phi) is 4.73. The van der Waals surface area contributed by atoms with Gasteiger partial charge in [-0.3, -0.25) is 10.1 Å². The van der Waals surface area contributed by atoms with Crippen LogP contribution in [0, 0.1) is 10.1 Å². The molecule has 6 nitrogen and oxygen atoms in total. The van der Waals surface area contributed by atoms with Gasteiger partial charge in [-0.1, -0.05) is 24.3 Å². The van der Waals surface area contributed by atoms with Crippen molar-refractivity contribution in [2.75, 3.05) is 12.4 Å². The molecule has 0 fully saturated rings. The Hall–Kier alpha value is -2.60. The van der Waals surface area contributed by atoms with Crippen LogP contribution in [0.3, 0.4) is 0 Å². The van der Waals surface area contributed by atoms with E-state index in [0.29, 0.717) is 24.5 Å². The maximum absolute atomic E-state index is 11.1. The molecule has 2 rings (SSSR count). The van der Waals surface area contributed by atoms with Gasteiger partial charge < -0.3 is 15.8 Å². The van der Waals surface area contributed by atoms with Gasteiger partial charge in [0.2, 0.25) is 0 Å². The molecule has 0 aliphatic rings. The summed E-state index contributed by atoms with van der Waals surface area (Å²) in [4.78, 5) is 10.7. The average molecular weight is 287 g/mol. The van der Waals surface area contributed by atoms with Gasteiger partial charge in [-0.05, 0) is 23.3 Å². The first-order chi connectivity index (χ1) is 10.1. The van der Waals surface area contributed by atoms with Gasteiger partial charge in [0.15, 0.2) is 0 Å². The highest BCUT2D eigenvalue weighted by Crippen LogP contribution is 2.29. The van der Waals surface area contributed by atoms with E-state index in [-0.39, 0.29) is 5.69 Å². The van der Waals surface area contributed by atoms with Gasteiger partial charge in [-0.2, -0.15) is 0 Å². The van der Waals surface area contributed by atoms with Crippen molar-refractivity contribution in [2.45, 2.75) is 13.1 Å². The van der Waals surface area contributed by atoms with E-state index < -0.39 is 4.92 Å². The maximum atomic E-state index is 11.1. The third kappa shape index (κ3) is 3.70. The van der Waals surface area contributed by atoms with E-state index in [1.165, 1.54) is 13.2 Å². The molecule has 110 valence electrons. The second-order valence-corrected chi connectivity index (χ2v) is 4.51. The van der Waals surface area contributed by atoms with E-state index in [1.54, 1.807) is 12.1 Å². The van der Waals surface area contributed by atoms with Gasteiger partial charge in [0.25, 0.3) is 5.69 Å². The van der Waals surface area contributed by atoms with E-state index in [9.17, 15) is 10.1 Å². The number of methoxy groups -OCH3 is 1. The molecule has 0 unspecified atom stereocenters. The van der Waals surface area contributed by atoms with Crippen molar-refractivity contribution < 1.29 is 9.66 Å². The molecule has 0 amide bonds. The Morgan fingerprint density at radius 1 is 1.19 bits per heavy atom. The smallest absolute Gasteiger partial charge is 0.296 e. The summed E-state index contributed by atoms with van der Waals surface area (Å²) in [6.07, 6.45) is 0. The van der Waals surface area contributed by atoms with Crippen molar-refractivity contribution in [3.05, 3.63) is 63.7 Å². The normalized spacial score (nSPS) is 10.2. The van der Waals surface area contributed by atoms with E-state index >= 15 is 0 Å². The number of nitrogens with one attached hydrogen (secondary N) is 1. The second-order valence-electron chi connectivity index (χ2n) is 4.51. The molecule has 0 atom stereocenters. The van der Waals surface area contributed by atoms with Crippen LogP contribution in [0.25, 0.3) is 0 Å². The number of benzene rings is 2. The molecule has 0 aliphatic carbocycles. The van der Waals surface area contributed by atoms with Gasteiger partial charge >= 0.3 is 0 Å². The first kappa shape index (κ1) is 14.8. The summed E-state index contributed by atoms with van der Waals surface area (Å²) in [5, 5.41) is 14.2. The summed E-state index contributed by atoms with van der Waals surface area (Å²) in [7, 11) is 1.48. The van der Waals surface area contributed by atoms with Crippen molar-refractivity contribution in [1.29, 1.82) is 0 Å². The fourth-order valence-electron chi connectivity index (χ4n) is 1.93. The minimum atomic E-state index is -0.428. The van der Waals surface area contributed by atoms with E-state index in [4.69, 9.17) is 10.5 Å². The number of ether oxygens (including phenoxy) is 1. The number of hydrogen-bond acceptors (Lipinski definition) is 5. The van der Waals surface area contributed by atoms with Crippen LogP contribution < -0.4 is 15.8 Å². The number of hydrogen-bond donors (Lipinski definition) is 2. The predicted octanol–water partition coefficient (Wildman–Crippen LogP) is 2.67. The molecule has 0 spiro atoms. The number of anilines is 1. The predicted molar refractivity (Wildman–Crippen MR) is 81.3 cm³/mol. The highest BCUT2D eigenvalue weighted by Gasteiger charge is 2.14. The van der Waals surface area contributed by atoms with Crippen LogP contribution in [-0.4, -0.2) is 12.0 Å². The molecule has 0 aliphatic heterocycles. The Balaban J connectivity index is 2.13. The standard InChI is InChI=1S/C15H17N3O3/c1-21-13-6-7-14(15(8-13)18(19)20)17-10-12-4-2-11(9-16)3-5-12/h2-8,17H,9-10,16H2,1H3. The molecule has 2 aromatic carbocycles. The van der Waals surface area contributed by atoms with Gasteiger partial charge in [-0.15, -0.1) is 0 Å². The molecule has 0 aromatic heterocycles. The number of nitrogens with zero attached hydrogens (tertiary/aromatic N) is 1. The summed E-state index contributed by atoms with van der Waals surface area (Å²) < 4.78 is 5.00. The first-order valence-electron chi connectivity index (χ1n) is 6.48. The average Bonchev–Trinajstić information content (AvgIpc) is 2.53. The third-order valence-corrected chi connectivity index (χ3v) is 3.14. The summed E-state index contributed by atoms with van der Waals surface area (Å²) in [5.41, 5.74) is 8.07. The van der Waals surface area contributed by atoms with Crippen molar-refractivity contribution >= 4 is 11.4 Å². The molecular formula is C15H17N3O3. The van der Waals surface area contributed by atoms with E-state index in [0.717, 1.165) is 11.1 Å². The molecule has 6 heteroatoms. The Bertz CT molecular complexity index is 627. The van der Waals surface area contributed by atoms with Crippen molar-refractivity contribution in [1.82, 2.24) is 0 Å². The molecule has 0 heterocycles. The van der Waals surface area contributed by atoms with E-state index in [2.05, 4.69) is 5.32 Å². The van der Waals surface area contributed by atoms with Crippen molar-refractivity contribution in [2.24, 2.45) is 5.73 Å². The molecule has 0 saturated carbocycles. The van der Waals surface area contributed by atoms with Gasteiger partial charge in [0.05, 0.1) is 18.1 Å². The summed E-state index contributed by atoms with van der Waals surface area (Å²) in [6.45, 7) is 0.996. The largest absolute Gasteiger partial charge is 0.496 e. The number of rotatable bonds is 6. The fourth-order valence-corrected chi connectivity index (χ4v) is 1.93. The zero-order chi connectivity index (χ0) is 15.2. The molecule has 3 N–H and O–H groups in total. The van der Waals surface area contributed by atoms with Crippen LogP contribution in [0.15, 0.2) is 42.5 Å². The Morgan fingerprint density at radius 2 is 1.86 bits per heavy atom. The first-order valence-corrected chi connectivity index (χ1v) is 6.48. The SMILES string of the molecule is COc1ccc(NCc2ccc(CN)cc2)c([N+](=O)[O-])c1. The summed E-state index contributed by atoms with van der Waals surface area (Å²) in [6, 6.07) is 12.5. The highest BCUT2D eigenvalue weighted by atomic mass is 16.6. The maximum Gasteiger partial charge on any atom is 0.296 e. The Morgan fingerprint density at radius 3 is 2.43 bits per heavy atom. The third-order valence-electron chi connectivity index (χ3n) is 3.14. The Labute approximate surface area is 122 Å². The van der Waals surface area contributed by atoms with Crippen molar-refractivity contribution in [3.8, 4) is 5.75 Å². The monoisotopic (exact) mass is 287 g/mol. The molecule has 0 radical (unpaired) electrons. The molecule has 21 heavy (non-hydrogen) atoms. The minimum absolute atomic E-state index is 0.00655. The van der Waals surface area contributed by atoms with Crippen LogP contribution in [0.4, 0.5) is 11.4 Å². The fraction of sp³-hybridized carbons (Fsp3) is 0.200. The highest BCUT2D eigenvalue weighted by molar-refractivity contribution is 5.64. The van der Waals surface area contributed by atoms with E-state index in [1.807, 2.05) is 24.3 Å². The van der Waals surface area contributed by atoms with Gasteiger partial charge in [0, 0.05) is 13.1 Å². The number of nitro benzene ring substituents is 1. The van der Waals surface area contributed by atoms with Crippen molar-refractivity contribution in [3.63, 3.8) is 0 Å². The van der Waals surface area contributed by atoms with Crippen LogP contribution in [0.5, 0.6) is 5.75 Å². The lowest BCUT2D eigenvalue weighted by Gasteiger charge is -2.09. The number of nitro groups is 1. The lowest BCUT2D eigenvalue weighted by Crippen LogP contribution is -2.03.